The molecule has 0 aromatic heterocycles. The first kappa shape index (κ1) is 19.9. The number of esters is 1. The van der Waals surface area contributed by atoms with Gasteiger partial charge in [0.15, 0.2) is 6.61 Å². The van der Waals surface area contributed by atoms with E-state index in [0.717, 1.165) is 23.3 Å². The van der Waals surface area contributed by atoms with Crippen LogP contribution in [0.3, 0.4) is 0 Å². The van der Waals surface area contributed by atoms with E-state index in [0.29, 0.717) is 19.4 Å². The number of ether oxygens (including phenoxy) is 1. The molecule has 2 fully saturated rings. The minimum Gasteiger partial charge on any atom is -0.456 e. The molecule has 0 radical (unpaired) electrons. The van der Waals surface area contributed by atoms with Gasteiger partial charge >= 0.3 is 12.0 Å². The van der Waals surface area contributed by atoms with Gasteiger partial charge in [0.05, 0.1) is 6.42 Å². The summed E-state index contributed by atoms with van der Waals surface area (Å²) in [5, 5.41) is 2.77. The number of hydrogen-bond donors (Lipinski definition) is 1. The Kier molecular flexibility index (Phi) is 5.96. The van der Waals surface area contributed by atoms with Crippen LogP contribution < -0.4 is 5.32 Å². The van der Waals surface area contributed by atoms with Crippen LogP contribution in [0.15, 0.2) is 30.3 Å². The summed E-state index contributed by atoms with van der Waals surface area (Å²) in [5.41, 5.74) is 0.195. The van der Waals surface area contributed by atoms with Crippen molar-refractivity contribution in [3.63, 3.8) is 0 Å². The summed E-state index contributed by atoms with van der Waals surface area (Å²) in [6.45, 7) is 0.00724. The van der Waals surface area contributed by atoms with E-state index in [1.165, 1.54) is 4.90 Å². The zero-order valence-corrected chi connectivity index (χ0v) is 16.0. The summed E-state index contributed by atoms with van der Waals surface area (Å²) in [6, 6.07) is 9.03. The van der Waals surface area contributed by atoms with Crippen molar-refractivity contribution in [2.75, 3.05) is 20.2 Å². The van der Waals surface area contributed by atoms with Crippen LogP contribution in [0, 0.1) is 0 Å². The Balaban J connectivity index is 1.41. The van der Waals surface area contributed by atoms with Crippen LogP contribution >= 0.6 is 0 Å². The fraction of sp³-hybridized carbons (Fsp3) is 0.500. The first-order valence-electron chi connectivity index (χ1n) is 9.49. The van der Waals surface area contributed by atoms with E-state index in [4.69, 9.17) is 4.74 Å². The van der Waals surface area contributed by atoms with Crippen molar-refractivity contribution < 1.29 is 23.9 Å². The lowest BCUT2D eigenvalue weighted by Gasteiger charge is -2.20. The maximum Gasteiger partial charge on any atom is 0.325 e. The molecule has 1 aliphatic heterocycles. The number of urea groups is 1. The van der Waals surface area contributed by atoms with Crippen LogP contribution in [0.5, 0.6) is 0 Å². The van der Waals surface area contributed by atoms with Gasteiger partial charge in [0.1, 0.15) is 5.54 Å². The third-order valence-corrected chi connectivity index (χ3v) is 5.29. The summed E-state index contributed by atoms with van der Waals surface area (Å²) in [5.74, 6) is -1.20. The summed E-state index contributed by atoms with van der Waals surface area (Å²) in [7, 11) is 1.64. The van der Waals surface area contributed by atoms with E-state index in [1.54, 1.807) is 7.05 Å². The van der Waals surface area contributed by atoms with Crippen LogP contribution in [0.4, 0.5) is 4.79 Å². The van der Waals surface area contributed by atoms with E-state index in [9.17, 15) is 19.2 Å². The highest BCUT2D eigenvalue weighted by Crippen LogP contribution is 2.35. The molecule has 0 bridgehead atoms. The molecule has 1 saturated carbocycles. The number of carbonyl (C=O) groups is 4. The molecule has 1 saturated heterocycles. The van der Waals surface area contributed by atoms with Crippen molar-refractivity contribution in [2.45, 2.75) is 44.2 Å². The lowest BCUT2D eigenvalue weighted by molar-refractivity contribution is -0.152. The van der Waals surface area contributed by atoms with Gasteiger partial charge in [-0.15, -0.1) is 0 Å². The molecule has 1 spiro atoms. The van der Waals surface area contributed by atoms with Gasteiger partial charge in [-0.05, 0) is 18.4 Å². The molecule has 1 aliphatic carbocycles. The molecule has 28 heavy (non-hydrogen) atoms. The molecular weight excluding hydrogens is 362 g/mol. The van der Waals surface area contributed by atoms with Crippen molar-refractivity contribution in [3.8, 4) is 0 Å². The SMILES string of the molecule is CN(Cc1ccccc1)C(=O)COC(=O)CCN1C(=O)NC2(CCCC2)C1=O. The molecule has 150 valence electrons. The fourth-order valence-electron chi connectivity index (χ4n) is 3.67. The van der Waals surface area contributed by atoms with Crippen molar-refractivity contribution in [1.29, 1.82) is 0 Å². The third-order valence-electron chi connectivity index (χ3n) is 5.29. The van der Waals surface area contributed by atoms with Crippen LogP contribution in [-0.2, 0) is 25.7 Å². The first-order valence-corrected chi connectivity index (χ1v) is 9.49. The summed E-state index contributed by atoms with van der Waals surface area (Å²) >= 11 is 0. The van der Waals surface area contributed by atoms with Gasteiger partial charge in [-0.2, -0.15) is 0 Å². The van der Waals surface area contributed by atoms with E-state index < -0.39 is 17.5 Å². The van der Waals surface area contributed by atoms with Crippen molar-refractivity contribution in [1.82, 2.24) is 15.1 Å². The Hall–Kier alpha value is -2.90. The van der Waals surface area contributed by atoms with Gasteiger partial charge in [0, 0.05) is 20.1 Å². The van der Waals surface area contributed by atoms with E-state index in [1.807, 2.05) is 30.3 Å². The molecule has 3 rings (SSSR count). The molecule has 8 nitrogen and oxygen atoms in total. The zero-order chi connectivity index (χ0) is 20.1. The second-order valence-electron chi connectivity index (χ2n) is 7.32. The Morgan fingerprint density at radius 1 is 1.18 bits per heavy atom. The maximum atomic E-state index is 12.5. The molecule has 1 aromatic rings. The normalized spacial score (nSPS) is 17.7. The van der Waals surface area contributed by atoms with E-state index >= 15 is 0 Å². The van der Waals surface area contributed by atoms with Crippen molar-refractivity contribution in [3.05, 3.63) is 35.9 Å². The standard InChI is InChI=1S/C20H25N3O5/c1-22(13-15-7-3-2-4-8-15)16(24)14-28-17(25)9-12-23-18(26)20(21-19(23)27)10-5-6-11-20/h2-4,7-8H,5-6,9-14H2,1H3,(H,21,27). The van der Waals surface area contributed by atoms with Crippen molar-refractivity contribution in [2.24, 2.45) is 0 Å². The minimum absolute atomic E-state index is 0.0424. The number of rotatable bonds is 7. The zero-order valence-electron chi connectivity index (χ0n) is 16.0. The lowest BCUT2D eigenvalue weighted by atomic mass is 9.98. The van der Waals surface area contributed by atoms with Crippen LogP contribution in [0.2, 0.25) is 0 Å². The van der Waals surface area contributed by atoms with E-state index in [2.05, 4.69) is 5.32 Å². The first-order chi connectivity index (χ1) is 13.4. The number of amides is 4. The molecular formula is C20H25N3O5. The Morgan fingerprint density at radius 3 is 2.54 bits per heavy atom. The Morgan fingerprint density at radius 2 is 1.86 bits per heavy atom. The predicted molar refractivity (Wildman–Crippen MR) is 99.9 cm³/mol. The van der Waals surface area contributed by atoms with Crippen LogP contribution in [-0.4, -0.2) is 59.4 Å². The number of likely N-dealkylation sites (N-methyl/N-ethyl adjacent to an activating group) is 1. The summed E-state index contributed by atoms with van der Waals surface area (Å²) < 4.78 is 5.01. The van der Waals surface area contributed by atoms with E-state index in [-0.39, 0.29) is 31.4 Å². The second kappa shape index (κ2) is 8.41. The number of carbonyl (C=O) groups excluding carboxylic acids is 4. The van der Waals surface area contributed by atoms with Gasteiger partial charge in [-0.25, -0.2) is 4.79 Å². The molecule has 1 heterocycles. The monoisotopic (exact) mass is 387 g/mol. The molecule has 0 atom stereocenters. The van der Waals surface area contributed by atoms with Gasteiger partial charge < -0.3 is 15.0 Å². The summed E-state index contributed by atoms with van der Waals surface area (Å²) in [4.78, 5) is 51.2. The minimum atomic E-state index is -0.781. The van der Waals surface area contributed by atoms with Gasteiger partial charge in [-0.3, -0.25) is 19.3 Å². The molecule has 4 amide bonds. The topological polar surface area (TPSA) is 96.0 Å². The fourth-order valence-corrected chi connectivity index (χ4v) is 3.67. The number of nitrogens with one attached hydrogen (secondary N) is 1. The molecule has 0 unspecified atom stereocenters. The van der Waals surface area contributed by atoms with Crippen molar-refractivity contribution >= 4 is 23.8 Å². The number of benzene rings is 1. The number of hydrogen-bond acceptors (Lipinski definition) is 5. The van der Waals surface area contributed by atoms with Crippen LogP contribution in [0.25, 0.3) is 0 Å². The molecule has 1 aromatic carbocycles. The molecule has 1 N–H and O–H groups in total. The average molecular weight is 387 g/mol. The Bertz CT molecular complexity index is 758. The number of nitrogens with zero attached hydrogens (tertiary/aromatic N) is 2. The Labute approximate surface area is 163 Å². The molecule has 2 aliphatic rings. The largest absolute Gasteiger partial charge is 0.456 e. The number of imide groups is 1. The van der Waals surface area contributed by atoms with Crippen LogP contribution in [0.1, 0.15) is 37.7 Å². The highest BCUT2D eigenvalue weighted by Gasteiger charge is 2.52. The van der Waals surface area contributed by atoms with Gasteiger partial charge in [-0.1, -0.05) is 43.2 Å². The van der Waals surface area contributed by atoms with Gasteiger partial charge in [0.25, 0.3) is 11.8 Å². The van der Waals surface area contributed by atoms with Gasteiger partial charge in [0.2, 0.25) is 0 Å². The highest BCUT2D eigenvalue weighted by atomic mass is 16.5. The molecule has 8 heteroatoms. The summed E-state index contributed by atoms with van der Waals surface area (Å²) in [6.07, 6.45) is 2.95. The third kappa shape index (κ3) is 4.32. The maximum absolute atomic E-state index is 12.5. The highest BCUT2D eigenvalue weighted by molar-refractivity contribution is 6.07. The average Bonchev–Trinajstić information content (AvgIpc) is 3.24. The smallest absolute Gasteiger partial charge is 0.325 e. The lowest BCUT2D eigenvalue weighted by Crippen LogP contribution is -2.44. The predicted octanol–water partition coefficient (Wildman–Crippen LogP) is 1.44. The second-order valence-corrected chi connectivity index (χ2v) is 7.32. The quantitative estimate of drug-likeness (QED) is 0.564.